The first-order chi connectivity index (χ1) is 8.21. The van der Waals surface area contributed by atoms with E-state index in [1.165, 1.54) is 12.8 Å². The first-order valence-corrected chi connectivity index (χ1v) is 6.40. The van der Waals surface area contributed by atoms with Crippen LogP contribution in [0.4, 0.5) is 0 Å². The van der Waals surface area contributed by atoms with Crippen molar-refractivity contribution in [3.05, 3.63) is 0 Å². The molecule has 0 aromatic carbocycles. The van der Waals surface area contributed by atoms with Crippen LogP contribution < -0.4 is 5.73 Å². The first kappa shape index (κ1) is 14.3. The lowest BCUT2D eigenvalue weighted by atomic mass is 9.95. The van der Waals surface area contributed by atoms with Gasteiger partial charge in [-0.1, -0.05) is 12.1 Å². The quantitative estimate of drug-likeness (QED) is 0.319. The highest BCUT2D eigenvalue weighted by atomic mass is 16.5. The number of likely N-dealkylation sites (tertiary alicyclic amines) is 1. The topological polar surface area (TPSA) is 71.1 Å². The van der Waals surface area contributed by atoms with Gasteiger partial charge in [0.2, 0.25) is 0 Å². The van der Waals surface area contributed by atoms with Crippen molar-refractivity contribution in [2.24, 2.45) is 16.8 Å². The zero-order valence-corrected chi connectivity index (χ0v) is 10.9. The molecule has 1 atom stereocenters. The second-order valence-corrected chi connectivity index (χ2v) is 4.79. The highest BCUT2D eigenvalue weighted by Crippen LogP contribution is 2.21. The van der Waals surface area contributed by atoms with Gasteiger partial charge in [-0.2, -0.15) is 0 Å². The van der Waals surface area contributed by atoms with Crippen LogP contribution in [0.25, 0.3) is 0 Å². The van der Waals surface area contributed by atoms with Crippen LogP contribution in [0, 0.1) is 5.92 Å². The second-order valence-electron chi connectivity index (χ2n) is 4.79. The Morgan fingerprint density at radius 3 is 2.65 bits per heavy atom. The highest BCUT2D eigenvalue weighted by Gasteiger charge is 2.24. The number of nitrogens with two attached hydrogens (primary N) is 1. The lowest BCUT2D eigenvalue weighted by molar-refractivity contribution is 0.0796. The van der Waals surface area contributed by atoms with Crippen molar-refractivity contribution in [3.63, 3.8) is 0 Å². The molecular weight excluding hydrogens is 218 g/mol. The molecule has 1 aliphatic rings. The minimum absolute atomic E-state index is 0.330. The van der Waals surface area contributed by atoms with Crippen LogP contribution >= 0.6 is 0 Å². The molecule has 5 nitrogen and oxygen atoms in total. The summed E-state index contributed by atoms with van der Waals surface area (Å²) in [6.45, 7) is 5.19. The smallest absolute Gasteiger partial charge is 0.140 e. The van der Waals surface area contributed by atoms with E-state index in [9.17, 15) is 0 Å². The number of amidine groups is 1. The summed E-state index contributed by atoms with van der Waals surface area (Å²) in [6, 6.07) is 0.398. The Morgan fingerprint density at radius 1 is 1.53 bits per heavy atom. The zero-order chi connectivity index (χ0) is 12.7. The van der Waals surface area contributed by atoms with E-state index >= 15 is 0 Å². The number of ether oxygens (including phenoxy) is 1. The molecule has 0 saturated carbocycles. The summed E-state index contributed by atoms with van der Waals surface area (Å²) in [6.07, 6.45) is 4.05. The van der Waals surface area contributed by atoms with Gasteiger partial charge in [0, 0.05) is 26.2 Å². The van der Waals surface area contributed by atoms with Crippen molar-refractivity contribution in [1.82, 2.24) is 4.90 Å². The normalized spacial score (nSPS) is 21.6. The predicted octanol–water partition coefficient (Wildman–Crippen LogP) is 1.26. The van der Waals surface area contributed by atoms with Gasteiger partial charge in [0.25, 0.3) is 0 Å². The maximum absolute atomic E-state index is 8.62. The Bertz CT molecular complexity index is 238. The molecule has 0 aromatic heterocycles. The third kappa shape index (κ3) is 4.52. The minimum Gasteiger partial charge on any atom is -0.409 e. The van der Waals surface area contributed by atoms with Crippen LogP contribution in [-0.4, -0.2) is 48.8 Å². The number of methoxy groups -OCH3 is 1. The molecule has 1 heterocycles. The minimum atomic E-state index is 0.330. The molecule has 17 heavy (non-hydrogen) atoms. The second kappa shape index (κ2) is 7.50. The fourth-order valence-corrected chi connectivity index (χ4v) is 2.53. The molecule has 1 saturated heterocycles. The number of hydrogen-bond donors (Lipinski definition) is 2. The summed E-state index contributed by atoms with van der Waals surface area (Å²) in [4.78, 5) is 2.45. The van der Waals surface area contributed by atoms with Crippen molar-refractivity contribution in [1.29, 1.82) is 0 Å². The van der Waals surface area contributed by atoms with Crippen LogP contribution in [0.5, 0.6) is 0 Å². The molecule has 0 spiro atoms. The van der Waals surface area contributed by atoms with Crippen LogP contribution in [0.1, 0.15) is 32.6 Å². The zero-order valence-electron chi connectivity index (χ0n) is 10.9. The summed E-state index contributed by atoms with van der Waals surface area (Å²) >= 11 is 0. The van der Waals surface area contributed by atoms with Gasteiger partial charge in [-0.3, -0.25) is 4.90 Å². The van der Waals surface area contributed by atoms with Gasteiger partial charge >= 0.3 is 0 Å². The maximum atomic E-state index is 8.62. The Hall–Kier alpha value is -0.810. The van der Waals surface area contributed by atoms with Crippen molar-refractivity contribution in [2.45, 2.75) is 38.6 Å². The molecule has 0 amide bonds. The summed E-state index contributed by atoms with van der Waals surface area (Å²) in [5.41, 5.74) is 5.58. The third-order valence-corrected chi connectivity index (χ3v) is 3.61. The number of rotatable bonds is 6. The van der Waals surface area contributed by atoms with Gasteiger partial charge in [0.05, 0.1) is 0 Å². The van der Waals surface area contributed by atoms with E-state index in [4.69, 9.17) is 15.7 Å². The molecular formula is C12H25N3O2. The molecule has 0 bridgehead atoms. The van der Waals surface area contributed by atoms with Crippen molar-refractivity contribution >= 4 is 5.84 Å². The van der Waals surface area contributed by atoms with Crippen LogP contribution in [-0.2, 0) is 4.74 Å². The highest BCUT2D eigenvalue weighted by molar-refractivity contribution is 5.80. The fourth-order valence-electron chi connectivity index (χ4n) is 2.53. The molecule has 1 unspecified atom stereocenters. The molecule has 5 heteroatoms. The molecule has 1 aliphatic heterocycles. The Balaban J connectivity index is 2.39. The number of piperidine rings is 1. The number of hydrogen-bond acceptors (Lipinski definition) is 4. The molecule has 100 valence electrons. The largest absolute Gasteiger partial charge is 0.409 e. The van der Waals surface area contributed by atoms with E-state index in [2.05, 4.69) is 17.0 Å². The van der Waals surface area contributed by atoms with Gasteiger partial charge in [0.1, 0.15) is 5.84 Å². The van der Waals surface area contributed by atoms with E-state index < -0.39 is 0 Å². The van der Waals surface area contributed by atoms with Crippen molar-refractivity contribution in [2.75, 3.05) is 26.8 Å². The fraction of sp³-hybridized carbons (Fsp3) is 0.917. The Morgan fingerprint density at radius 2 is 2.18 bits per heavy atom. The number of oxime groups is 1. The summed E-state index contributed by atoms with van der Waals surface area (Å²) in [5.74, 6) is 1.02. The van der Waals surface area contributed by atoms with Crippen LogP contribution in [0.3, 0.4) is 0 Å². The van der Waals surface area contributed by atoms with Gasteiger partial charge in [-0.05, 0) is 38.3 Å². The molecule has 3 N–H and O–H groups in total. The molecule has 0 aliphatic carbocycles. The van der Waals surface area contributed by atoms with Crippen molar-refractivity contribution < 1.29 is 9.94 Å². The molecule has 0 aromatic rings. The third-order valence-electron chi connectivity index (χ3n) is 3.61. The van der Waals surface area contributed by atoms with E-state index in [1.807, 2.05) is 0 Å². The molecule has 1 rings (SSSR count). The van der Waals surface area contributed by atoms with Gasteiger partial charge < -0.3 is 15.7 Å². The lowest BCUT2D eigenvalue weighted by Gasteiger charge is -2.37. The first-order valence-electron chi connectivity index (χ1n) is 6.40. The van der Waals surface area contributed by atoms with Gasteiger partial charge in [0.15, 0.2) is 0 Å². The van der Waals surface area contributed by atoms with E-state index in [0.29, 0.717) is 24.2 Å². The average Bonchev–Trinajstić information content (AvgIpc) is 2.37. The summed E-state index contributed by atoms with van der Waals surface area (Å²) in [7, 11) is 1.76. The monoisotopic (exact) mass is 243 g/mol. The Kier molecular flexibility index (Phi) is 6.29. The molecule has 0 radical (unpaired) electrons. The van der Waals surface area contributed by atoms with E-state index in [0.717, 1.165) is 26.1 Å². The lowest BCUT2D eigenvalue weighted by Crippen LogP contribution is -2.43. The summed E-state index contributed by atoms with van der Waals surface area (Å²) in [5, 5.41) is 11.7. The number of nitrogens with zero attached hydrogens (tertiary/aromatic N) is 2. The van der Waals surface area contributed by atoms with Crippen LogP contribution in [0.2, 0.25) is 0 Å². The maximum Gasteiger partial charge on any atom is 0.140 e. The Labute approximate surface area is 104 Å². The SMILES string of the molecule is CCC(CC(N)=NO)N1CCC(COC)CC1. The van der Waals surface area contributed by atoms with E-state index in [-0.39, 0.29) is 0 Å². The van der Waals surface area contributed by atoms with E-state index in [1.54, 1.807) is 7.11 Å². The predicted molar refractivity (Wildman–Crippen MR) is 68.3 cm³/mol. The average molecular weight is 243 g/mol. The van der Waals surface area contributed by atoms with Gasteiger partial charge in [-0.25, -0.2) is 0 Å². The van der Waals surface area contributed by atoms with Gasteiger partial charge in [-0.15, -0.1) is 0 Å². The molecule has 1 fully saturated rings. The van der Waals surface area contributed by atoms with Crippen LogP contribution in [0.15, 0.2) is 5.16 Å². The standard InChI is InChI=1S/C12H25N3O2/c1-3-11(8-12(13)14-16)15-6-4-10(5-7-15)9-17-2/h10-11,16H,3-9H2,1-2H3,(H2,13,14). The van der Waals surface area contributed by atoms with Crippen molar-refractivity contribution in [3.8, 4) is 0 Å². The summed E-state index contributed by atoms with van der Waals surface area (Å²) < 4.78 is 5.19.